The topological polar surface area (TPSA) is 107 Å². The Bertz CT molecular complexity index is 927. The van der Waals surface area contributed by atoms with Gasteiger partial charge in [0.25, 0.3) is 5.56 Å². The predicted octanol–water partition coefficient (Wildman–Crippen LogP) is 1.47. The number of H-pyrrole nitrogens is 2. The number of nitrogens with zero attached hydrogens (tertiary/aromatic N) is 1. The van der Waals surface area contributed by atoms with Crippen LogP contribution in [-0.4, -0.2) is 22.1 Å². The summed E-state index contributed by atoms with van der Waals surface area (Å²) in [4.78, 5) is 39.0. The maximum absolute atomic E-state index is 12.4. The Hall–Kier alpha value is -3.17. The SMILES string of the molecule is Cc1[nH]c(=O)[nH]c(=O)c1CCC(=O)N/N=C/c1ccc(C(F)(F)F)cc1. The van der Waals surface area contributed by atoms with Crippen molar-refractivity contribution >= 4 is 12.1 Å². The molecule has 0 saturated heterocycles. The van der Waals surface area contributed by atoms with Gasteiger partial charge < -0.3 is 4.98 Å². The number of hydrazone groups is 1. The highest BCUT2D eigenvalue weighted by molar-refractivity contribution is 5.82. The molecule has 2 rings (SSSR count). The van der Waals surface area contributed by atoms with Crippen LogP contribution in [0.25, 0.3) is 0 Å². The second-order valence-corrected chi connectivity index (χ2v) is 5.42. The molecule has 0 spiro atoms. The highest BCUT2D eigenvalue weighted by atomic mass is 19.4. The molecule has 1 aromatic carbocycles. The number of halogens is 3. The lowest BCUT2D eigenvalue weighted by molar-refractivity contribution is -0.137. The number of aromatic amines is 2. The van der Waals surface area contributed by atoms with E-state index in [4.69, 9.17) is 0 Å². The molecule has 3 N–H and O–H groups in total. The van der Waals surface area contributed by atoms with Crippen LogP contribution in [0.2, 0.25) is 0 Å². The van der Waals surface area contributed by atoms with Crippen molar-refractivity contribution in [3.05, 3.63) is 67.5 Å². The molecule has 138 valence electrons. The van der Waals surface area contributed by atoms with E-state index in [2.05, 4.69) is 20.5 Å². The van der Waals surface area contributed by atoms with Crippen LogP contribution in [0.1, 0.15) is 28.8 Å². The van der Waals surface area contributed by atoms with Crippen molar-refractivity contribution in [2.75, 3.05) is 0 Å². The summed E-state index contributed by atoms with van der Waals surface area (Å²) in [5, 5.41) is 3.66. The van der Waals surface area contributed by atoms with Gasteiger partial charge in [-0.1, -0.05) is 12.1 Å². The Kier molecular flexibility index (Phi) is 5.75. The molecule has 7 nitrogen and oxygen atoms in total. The quantitative estimate of drug-likeness (QED) is 0.549. The fourth-order valence-corrected chi connectivity index (χ4v) is 2.16. The first-order valence-corrected chi connectivity index (χ1v) is 7.48. The summed E-state index contributed by atoms with van der Waals surface area (Å²) in [5.74, 6) is -0.488. The van der Waals surface area contributed by atoms with Crippen LogP contribution < -0.4 is 16.7 Å². The van der Waals surface area contributed by atoms with E-state index >= 15 is 0 Å². The zero-order valence-electron chi connectivity index (χ0n) is 13.6. The average molecular weight is 368 g/mol. The largest absolute Gasteiger partial charge is 0.416 e. The molecule has 0 radical (unpaired) electrons. The van der Waals surface area contributed by atoms with E-state index in [1.807, 2.05) is 0 Å². The summed E-state index contributed by atoms with van der Waals surface area (Å²) in [7, 11) is 0. The molecule has 0 aliphatic rings. The van der Waals surface area contributed by atoms with E-state index in [0.29, 0.717) is 11.3 Å². The number of carbonyl (C=O) groups excluding carboxylic acids is 1. The van der Waals surface area contributed by atoms with Crippen molar-refractivity contribution in [2.45, 2.75) is 25.9 Å². The summed E-state index contributed by atoms with van der Waals surface area (Å²) < 4.78 is 37.3. The van der Waals surface area contributed by atoms with Crippen molar-refractivity contribution in [3.63, 3.8) is 0 Å². The maximum atomic E-state index is 12.4. The second-order valence-electron chi connectivity index (χ2n) is 5.42. The molecule has 0 saturated carbocycles. The number of carbonyl (C=O) groups is 1. The minimum Gasteiger partial charge on any atom is -0.311 e. The molecular weight excluding hydrogens is 353 g/mol. The van der Waals surface area contributed by atoms with Gasteiger partial charge >= 0.3 is 11.9 Å². The van der Waals surface area contributed by atoms with Crippen molar-refractivity contribution < 1.29 is 18.0 Å². The zero-order chi connectivity index (χ0) is 19.3. The summed E-state index contributed by atoms with van der Waals surface area (Å²) in [6.07, 6.45) is -3.17. The number of alkyl halides is 3. The van der Waals surface area contributed by atoms with E-state index < -0.39 is 28.9 Å². The number of nitrogens with one attached hydrogen (secondary N) is 3. The zero-order valence-corrected chi connectivity index (χ0v) is 13.6. The van der Waals surface area contributed by atoms with Gasteiger partial charge in [-0.15, -0.1) is 0 Å². The van der Waals surface area contributed by atoms with Gasteiger partial charge in [-0.3, -0.25) is 14.6 Å². The lowest BCUT2D eigenvalue weighted by Gasteiger charge is -2.05. The number of rotatable bonds is 5. The average Bonchev–Trinajstić information content (AvgIpc) is 2.53. The van der Waals surface area contributed by atoms with Crippen LogP contribution in [0, 0.1) is 6.92 Å². The fraction of sp³-hybridized carbons (Fsp3) is 0.250. The van der Waals surface area contributed by atoms with Crippen LogP contribution in [-0.2, 0) is 17.4 Å². The molecule has 1 aromatic heterocycles. The van der Waals surface area contributed by atoms with E-state index in [1.165, 1.54) is 18.3 Å². The Morgan fingerprint density at radius 3 is 2.42 bits per heavy atom. The summed E-state index contributed by atoms with van der Waals surface area (Å²) in [5.41, 5.74) is 1.30. The van der Waals surface area contributed by atoms with Crippen molar-refractivity contribution in [3.8, 4) is 0 Å². The van der Waals surface area contributed by atoms with Gasteiger partial charge in [0.15, 0.2) is 0 Å². The van der Waals surface area contributed by atoms with Gasteiger partial charge in [-0.05, 0) is 31.0 Å². The predicted molar refractivity (Wildman–Crippen MR) is 87.9 cm³/mol. The van der Waals surface area contributed by atoms with Crippen LogP contribution in [0.4, 0.5) is 13.2 Å². The molecular formula is C16H15F3N4O3. The molecule has 26 heavy (non-hydrogen) atoms. The maximum Gasteiger partial charge on any atom is 0.416 e. The summed E-state index contributed by atoms with van der Waals surface area (Å²) in [6.45, 7) is 1.55. The normalized spacial score (nSPS) is 11.7. The molecule has 1 heterocycles. The molecule has 10 heteroatoms. The van der Waals surface area contributed by atoms with E-state index in [0.717, 1.165) is 12.1 Å². The van der Waals surface area contributed by atoms with E-state index in [-0.39, 0.29) is 18.4 Å². The molecule has 1 amide bonds. The molecule has 2 aromatic rings. The Labute approximate surface area is 145 Å². The number of aryl methyl sites for hydroxylation is 1. The van der Waals surface area contributed by atoms with E-state index in [1.54, 1.807) is 6.92 Å². The van der Waals surface area contributed by atoms with Crippen LogP contribution in [0.5, 0.6) is 0 Å². The van der Waals surface area contributed by atoms with Gasteiger partial charge in [0.2, 0.25) is 5.91 Å². The van der Waals surface area contributed by atoms with Crippen LogP contribution in [0.3, 0.4) is 0 Å². The Balaban J connectivity index is 1.90. The van der Waals surface area contributed by atoms with Crippen LogP contribution in [0.15, 0.2) is 39.0 Å². The number of hydrogen-bond acceptors (Lipinski definition) is 4. The first-order chi connectivity index (χ1) is 12.2. The minimum absolute atomic E-state index is 0.0552. The lowest BCUT2D eigenvalue weighted by atomic mass is 10.1. The summed E-state index contributed by atoms with van der Waals surface area (Å²) >= 11 is 0. The molecule has 0 aliphatic heterocycles. The first-order valence-electron chi connectivity index (χ1n) is 7.48. The number of aromatic nitrogens is 2. The molecule has 0 bridgehead atoms. The van der Waals surface area contributed by atoms with Crippen molar-refractivity contribution in [2.24, 2.45) is 5.10 Å². The number of benzene rings is 1. The Morgan fingerprint density at radius 2 is 1.85 bits per heavy atom. The highest BCUT2D eigenvalue weighted by Gasteiger charge is 2.29. The van der Waals surface area contributed by atoms with Gasteiger partial charge in [0.05, 0.1) is 11.8 Å². The van der Waals surface area contributed by atoms with Gasteiger partial charge in [-0.25, -0.2) is 10.2 Å². The molecule has 0 fully saturated rings. The third-order valence-electron chi connectivity index (χ3n) is 3.50. The lowest BCUT2D eigenvalue weighted by Crippen LogP contribution is -2.28. The smallest absolute Gasteiger partial charge is 0.311 e. The second kappa shape index (κ2) is 7.81. The summed E-state index contributed by atoms with van der Waals surface area (Å²) in [6, 6.07) is 4.27. The van der Waals surface area contributed by atoms with Gasteiger partial charge in [0, 0.05) is 17.7 Å². The van der Waals surface area contributed by atoms with Gasteiger partial charge in [0.1, 0.15) is 0 Å². The first kappa shape index (κ1) is 19.2. The molecule has 0 atom stereocenters. The monoisotopic (exact) mass is 368 g/mol. The fourth-order valence-electron chi connectivity index (χ4n) is 2.16. The number of hydrogen-bond donors (Lipinski definition) is 3. The standard InChI is InChI=1S/C16H15F3N4O3/c1-9-12(14(25)22-15(26)21-9)6-7-13(24)23-20-8-10-2-4-11(5-3-10)16(17,18)19/h2-5,8H,6-7H2,1H3,(H,23,24)(H2,21,22,25,26)/b20-8+. The van der Waals surface area contributed by atoms with Gasteiger partial charge in [-0.2, -0.15) is 18.3 Å². The Morgan fingerprint density at radius 1 is 1.19 bits per heavy atom. The minimum atomic E-state index is -4.42. The van der Waals surface area contributed by atoms with E-state index in [9.17, 15) is 27.6 Å². The third kappa shape index (κ3) is 5.16. The number of amides is 1. The van der Waals surface area contributed by atoms with Crippen molar-refractivity contribution in [1.82, 2.24) is 15.4 Å². The molecule has 0 unspecified atom stereocenters. The van der Waals surface area contributed by atoms with Crippen LogP contribution >= 0.6 is 0 Å². The third-order valence-corrected chi connectivity index (χ3v) is 3.50. The highest BCUT2D eigenvalue weighted by Crippen LogP contribution is 2.28. The molecule has 0 aliphatic carbocycles. The van der Waals surface area contributed by atoms with Crippen molar-refractivity contribution in [1.29, 1.82) is 0 Å².